The SMILES string of the molecule is COOc1c(OC)ccc(-c2ccccc2CO)c1C(=O)O. The molecule has 0 aliphatic rings. The van der Waals surface area contributed by atoms with E-state index in [0.717, 1.165) is 0 Å². The van der Waals surface area contributed by atoms with Crippen LogP contribution in [0.5, 0.6) is 11.5 Å². The number of carboxylic acid groups (broad SMARTS) is 1. The van der Waals surface area contributed by atoms with E-state index in [4.69, 9.17) is 9.62 Å². The minimum Gasteiger partial charge on any atom is -0.493 e. The first-order valence-electron chi connectivity index (χ1n) is 6.48. The van der Waals surface area contributed by atoms with Gasteiger partial charge in [-0.3, -0.25) is 0 Å². The average molecular weight is 304 g/mol. The van der Waals surface area contributed by atoms with E-state index in [1.54, 1.807) is 36.4 Å². The summed E-state index contributed by atoms with van der Waals surface area (Å²) in [4.78, 5) is 21.3. The molecule has 6 heteroatoms. The number of benzene rings is 2. The van der Waals surface area contributed by atoms with Gasteiger partial charge in [0.25, 0.3) is 0 Å². The molecule has 2 aromatic carbocycles. The summed E-state index contributed by atoms with van der Waals surface area (Å²) in [5.74, 6) is -0.971. The van der Waals surface area contributed by atoms with Crippen molar-refractivity contribution >= 4 is 5.97 Å². The Morgan fingerprint density at radius 3 is 2.41 bits per heavy atom. The molecule has 2 aromatic rings. The van der Waals surface area contributed by atoms with Crippen LogP contribution < -0.4 is 9.62 Å². The minimum atomic E-state index is -1.19. The van der Waals surface area contributed by atoms with E-state index in [9.17, 15) is 15.0 Å². The number of aromatic carboxylic acids is 1. The fourth-order valence-corrected chi connectivity index (χ4v) is 2.25. The first-order chi connectivity index (χ1) is 10.6. The fourth-order valence-electron chi connectivity index (χ4n) is 2.25. The number of aliphatic hydroxyl groups excluding tert-OH is 1. The first kappa shape index (κ1) is 15.8. The van der Waals surface area contributed by atoms with Crippen LogP contribution in [-0.2, 0) is 11.5 Å². The summed E-state index contributed by atoms with van der Waals surface area (Å²) in [6.07, 6.45) is 0. The Balaban J connectivity index is 2.76. The zero-order valence-electron chi connectivity index (χ0n) is 12.2. The third-order valence-corrected chi connectivity index (χ3v) is 3.20. The predicted molar refractivity (Wildman–Crippen MR) is 78.9 cm³/mol. The van der Waals surface area contributed by atoms with Gasteiger partial charge in [-0.15, -0.1) is 0 Å². The summed E-state index contributed by atoms with van der Waals surface area (Å²) in [6, 6.07) is 10.2. The van der Waals surface area contributed by atoms with Gasteiger partial charge in [0, 0.05) is 5.56 Å². The van der Waals surface area contributed by atoms with Gasteiger partial charge in [-0.2, -0.15) is 4.89 Å². The van der Waals surface area contributed by atoms with Crippen molar-refractivity contribution in [2.75, 3.05) is 14.2 Å². The van der Waals surface area contributed by atoms with Crippen LogP contribution in [0.4, 0.5) is 0 Å². The second-order valence-corrected chi connectivity index (χ2v) is 4.39. The molecule has 0 bridgehead atoms. The van der Waals surface area contributed by atoms with Crippen LogP contribution in [0, 0.1) is 0 Å². The number of aliphatic hydroxyl groups is 1. The van der Waals surface area contributed by atoms with E-state index in [-0.39, 0.29) is 23.7 Å². The summed E-state index contributed by atoms with van der Waals surface area (Å²) in [5.41, 5.74) is 1.52. The lowest BCUT2D eigenvalue weighted by molar-refractivity contribution is -0.179. The van der Waals surface area contributed by atoms with Crippen molar-refractivity contribution < 1.29 is 29.5 Å². The van der Waals surface area contributed by atoms with Gasteiger partial charge in [0.1, 0.15) is 5.56 Å². The molecule has 22 heavy (non-hydrogen) atoms. The van der Waals surface area contributed by atoms with Gasteiger partial charge >= 0.3 is 5.97 Å². The average Bonchev–Trinajstić information content (AvgIpc) is 2.54. The maximum atomic E-state index is 11.7. The smallest absolute Gasteiger partial charge is 0.340 e. The summed E-state index contributed by atoms with van der Waals surface area (Å²) < 4.78 is 5.12. The van der Waals surface area contributed by atoms with Crippen molar-refractivity contribution in [2.45, 2.75) is 6.61 Å². The molecule has 0 fully saturated rings. The van der Waals surface area contributed by atoms with Gasteiger partial charge in [-0.1, -0.05) is 24.3 Å². The molecule has 6 nitrogen and oxygen atoms in total. The molecule has 2 N–H and O–H groups in total. The van der Waals surface area contributed by atoms with Gasteiger partial charge < -0.3 is 19.8 Å². The molecular weight excluding hydrogens is 288 g/mol. The maximum Gasteiger partial charge on any atom is 0.340 e. The van der Waals surface area contributed by atoms with Crippen LogP contribution in [0.25, 0.3) is 11.1 Å². The van der Waals surface area contributed by atoms with Crippen molar-refractivity contribution in [3.8, 4) is 22.6 Å². The molecule has 0 saturated carbocycles. The zero-order valence-corrected chi connectivity index (χ0v) is 12.2. The molecular formula is C16H16O6. The molecule has 2 rings (SSSR count). The van der Waals surface area contributed by atoms with Crippen LogP contribution in [0.3, 0.4) is 0 Å². The molecule has 0 atom stereocenters. The van der Waals surface area contributed by atoms with Crippen molar-refractivity contribution in [2.24, 2.45) is 0 Å². The van der Waals surface area contributed by atoms with Gasteiger partial charge in [-0.05, 0) is 23.3 Å². The highest BCUT2D eigenvalue weighted by atomic mass is 17.2. The number of carboxylic acids is 1. The second kappa shape index (κ2) is 6.93. The third-order valence-electron chi connectivity index (χ3n) is 3.20. The summed E-state index contributed by atoms with van der Waals surface area (Å²) >= 11 is 0. The molecule has 0 saturated heterocycles. The lowest BCUT2D eigenvalue weighted by atomic mass is 9.94. The molecule has 0 aliphatic carbocycles. The lowest BCUT2D eigenvalue weighted by Gasteiger charge is -2.15. The number of rotatable bonds is 6. The monoisotopic (exact) mass is 304 g/mol. The summed E-state index contributed by atoms with van der Waals surface area (Å²) in [6.45, 7) is -0.207. The standard InChI is InChI=1S/C16H16O6/c1-20-13-8-7-12(11-6-4-3-5-10(11)9-17)14(16(18)19)15(13)22-21-2/h3-8,17H,9H2,1-2H3,(H,18,19). The fraction of sp³-hybridized carbons (Fsp3) is 0.188. The normalized spacial score (nSPS) is 10.3. The highest BCUT2D eigenvalue weighted by Gasteiger charge is 2.24. The van der Waals surface area contributed by atoms with E-state index in [0.29, 0.717) is 16.7 Å². The molecule has 0 spiro atoms. The Kier molecular flexibility index (Phi) is 4.98. The largest absolute Gasteiger partial charge is 0.493 e. The zero-order chi connectivity index (χ0) is 16.1. The third kappa shape index (κ3) is 2.88. The molecule has 0 unspecified atom stereocenters. The van der Waals surface area contributed by atoms with E-state index >= 15 is 0 Å². The van der Waals surface area contributed by atoms with E-state index in [1.807, 2.05) is 0 Å². The Bertz CT molecular complexity index is 680. The van der Waals surface area contributed by atoms with Gasteiger partial charge in [0.05, 0.1) is 20.8 Å². The summed E-state index contributed by atoms with van der Waals surface area (Å²) in [5, 5.41) is 19.0. The predicted octanol–water partition coefficient (Wildman–Crippen LogP) is 2.49. The first-order valence-corrected chi connectivity index (χ1v) is 6.48. The van der Waals surface area contributed by atoms with Gasteiger partial charge in [-0.25, -0.2) is 4.79 Å². The minimum absolute atomic E-state index is 0.0252. The summed E-state index contributed by atoms with van der Waals surface area (Å²) in [7, 11) is 2.68. The highest BCUT2D eigenvalue weighted by Crippen LogP contribution is 2.39. The number of carbonyl (C=O) groups is 1. The quantitative estimate of drug-likeness (QED) is 0.630. The van der Waals surface area contributed by atoms with E-state index in [1.165, 1.54) is 14.2 Å². The Hall–Kier alpha value is -2.57. The van der Waals surface area contributed by atoms with Crippen LogP contribution in [0.2, 0.25) is 0 Å². The Morgan fingerprint density at radius 1 is 1.09 bits per heavy atom. The maximum absolute atomic E-state index is 11.7. The lowest BCUT2D eigenvalue weighted by Crippen LogP contribution is -2.07. The van der Waals surface area contributed by atoms with Crippen LogP contribution in [-0.4, -0.2) is 30.4 Å². The second-order valence-electron chi connectivity index (χ2n) is 4.39. The number of methoxy groups -OCH3 is 1. The van der Waals surface area contributed by atoms with Crippen LogP contribution in [0.15, 0.2) is 36.4 Å². The molecule has 0 aromatic heterocycles. The topological polar surface area (TPSA) is 85.2 Å². The Labute approximate surface area is 127 Å². The molecule has 0 aliphatic heterocycles. The van der Waals surface area contributed by atoms with Crippen molar-refractivity contribution in [3.63, 3.8) is 0 Å². The van der Waals surface area contributed by atoms with Crippen molar-refractivity contribution in [1.82, 2.24) is 0 Å². The van der Waals surface area contributed by atoms with Crippen molar-refractivity contribution in [3.05, 3.63) is 47.5 Å². The number of ether oxygens (including phenoxy) is 1. The molecule has 0 amide bonds. The highest BCUT2D eigenvalue weighted by molar-refractivity contribution is 6.00. The van der Waals surface area contributed by atoms with Crippen molar-refractivity contribution in [1.29, 1.82) is 0 Å². The van der Waals surface area contributed by atoms with E-state index < -0.39 is 5.97 Å². The Morgan fingerprint density at radius 2 is 1.82 bits per heavy atom. The van der Waals surface area contributed by atoms with Crippen LogP contribution >= 0.6 is 0 Å². The van der Waals surface area contributed by atoms with E-state index in [2.05, 4.69) is 4.89 Å². The van der Waals surface area contributed by atoms with Gasteiger partial charge in [0.2, 0.25) is 5.75 Å². The molecule has 0 radical (unpaired) electrons. The molecule has 116 valence electrons. The number of hydrogen-bond acceptors (Lipinski definition) is 5. The van der Waals surface area contributed by atoms with Gasteiger partial charge in [0.15, 0.2) is 5.75 Å². The molecule has 0 heterocycles. The van der Waals surface area contributed by atoms with Crippen LogP contribution in [0.1, 0.15) is 15.9 Å². The number of hydrogen-bond donors (Lipinski definition) is 2.